The van der Waals surface area contributed by atoms with Crippen molar-refractivity contribution in [2.45, 2.75) is 25.9 Å². The van der Waals surface area contributed by atoms with Crippen LogP contribution in [-0.2, 0) is 9.59 Å². The van der Waals surface area contributed by atoms with Crippen molar-refractivity contribution in [3.8, 4) is 0 Å². The summed E-state index contributed by atoms with van der Waals surface area (Å²) >= 11 is 0. The van der Waals surface area contributed by atoms with Gasteiger partial charge in [-0.1, -0.05) is 13.8 Å². The highest BCUT2D eigenvalue weighted by Gasteiger charge is 2.34. The maximum absolute atomic E-state index is 11.9. The first-order chi connectivity index (χ1) is 11.1. The lowest BCUT2D eigenvalue weighted by molar-refractivity contribution is -0.140. The number of nitrogens with two attached hydrogens (primary N) is 1. The highest BCUT2D eigenvalue weighted by molar-refractivity contribution is 5.95. The summed E-state index contributed by atoms with van der Waals surface area (Å²) in [6.45, 7) is 2.13. The monoisotopic (exact) mass is 339 g/mol. The van der Waals surface area contributed by atoms with E-state index in [-0.39, 0.29) is 11.3 Å². The topological polar surface area (TPSA) is 163 Å². The van der Waals surface area contributed by atoms with Crippen molar-refractivity contribution in [3.63, 3.8) is 0 Å². The van der Waals surface area contributed by atoms with Gasteiger partial charge in [-0.05, 0) is 12.1 Å². The molecule has 0 radical (unpaired) electrons. The van der Waals surface area contributed by atoms with Gasteiger partial charge in [-0.15, -0.1) is 0 Å². The molecule has 0 bridgehead atoms. The van der Waals surface area contributed by atoms with E-state index >= 15 is 0 Å². The quantitative estimate of drug-likeness (QED) is 0.399. The number of carbonyl (C=O) groups excluding carboxylic acids is 2. The standard InChI is InChI=1S/C15H21N3O6/c1-15(2,7-19)11(20)13(22)18-6-9(14(23)24)10-8(12(16)21)4-3-5-17-10/h3-5,9,11,19-20H,6-7H2,1-2H3,(H2,16,21)(H,18,22)(H,23,24)/t9?,11-/m0/s1. The molecule has 1 unspecified atom stereocenters. The fourth-order valence-electron chi connectivity index (χ4n) is 1.95. The number of aromatic nitrogens is 1. The molecule has 0 aromatic carbocycles. The number of aliphatic hydroxyl groups is 2. The predicted octanol–water partition coefficient (Wildman–Crippen LogP) is -1.16. The van der Waals surface area contributed by atoms with Crippen molar-refractivity contribution in [1.82, 2.24) is 10.3 Å². The molecule has 1 aromatic heterocycles. The number of hydrogen-bond donors (Lipinski definition) is 5. The summed E-state index contributed by atoms with van der Waals surface area (Å²) < 4.78 is 0. The van der Waals surface area contributed by atoms with E-state index in [9.17, 15) is 24.6 Å². The maximum atomic E-state index is 11.9. The molecular weight excluding hydrogens is 318 g/mol. The van der Waals surface area contributed by atoms with Crippen LogP contribution in [0.15, 0.2) is 18.3 Å². The van der Waals surface area contributed by atoms with E-state index in [0.29, 0.717) is 0 Å². The molecule has 2 amide bonds. The van der Waals surface area contributed by atoms with Gasteiger partial charge in [0.2, 0.25) is 5.91 Å². The molecule has 0 aliphatic rings. The summed E-state index contributed by atoms with van der Waals surface area (Å²) in [4.78, 5) is 38.7. The molecule has 0 fully saturated rings. The van der Waals surface area contributed by atoms with Crippen LogP contribution in [0.5, 0.6) is 0 Å². The Bertz CT molecular complexity index is 631. The molecule has 132 valence electrons. The Balaban J connectivity index is 2.96. The van der Waals surface area contributed by atoms with E-state index in [1.54, 1.807) is 0 Å². The number of hydrogen-bond acceptors (Lipinski definition) is 6. The van der Waals surface area contributed by atoms with Gasteiger partial charge in [0.25, 0.3) is 5.91 Å². The van der Waals surface area contributed by atoms with Gasteiger partial charge in [0.15, 0.2) is 0 Å². The Labute approximate surface area is 138 Å². The Hall–Kier alpha value is -2.52. The summed E-state index contributed by atoms with van der Waals surface area (Å²) in [5.41, 5.74) is 3.98. The molecule has 9 heteroatoms. The number of carboxylic acids is 1. The molecule has 0 saturated heterocycles. The van der Waals surface area contributed by atoms with Crippen molar-refractivity contribution >= 4 is 17.8 Å². The van der Waals surface area contributed by atoms with Crippen LogP contribution in [0, 0.1) is 5.41 Å². The van der Waals surface area contributed by atoms with Crippen molar-refractivity contribution in [3.05, 3.63) is 29.6 Å². The highest BCUT2D eigenvalue weighted by Crippen LogP contribution is 2.21. The Morgan fingerprint density at radius 1 is 1.38 bits per heavy atom. The summed E-state index contributed by atoms with van der Waals surface area (Å²) in [7, 11) is 0. The van der Waals surface area contributed by atoms with E-state index in [0.717, 1.165) is 0 Å². The lowest BCUT2D eigenvalue weighted by Gasteiger charge is -2.27. The molecule has 1 rings (SSSR count). The van der Waals surface area contributed by atoms with E-state index in [2.05, 4.69) is 10.3 Å². The Morgan fingerprint density at radius 2 is 2.00 bits per heavy atom. The van der Waals surface area contributed by atoms with Crippen LogP contribution in [0.3, 0.4) is 0 Å². The van der Waals surface area contributed by atoms with Crippen LogP contribution < -0.4 is 11.1 Å². The second-order valence-corrected chi connectivity index (χ2v) is 5.99. The largest absolute Gasteiger partial charge is 0.481 e. The molecule has 0 spiro atoms. The van der Waals surface area contributed by atoms with Crippen molar-refractivity contribution in [2.75, 3.05) is 13.2 Å². The SMILES string of the molecule is CC(C)(CO)[C@@H](O)C(=O)NCC(C(=O)O)c1ncccc1C(N)=O. The molecule has 9 nitrogen and oxygen atoms in total. The van der Waals surface area contributed by atoms with E-state index in [1.807, 2.05) is 0 Å². The second-order valence-electron chi connectivity index (χ2n) is 5.99. The van der Waals surface area contributed by atoms with Gasteiger partial charge in [0.05, 0.1) is 17.9 Å². The van der Waals surface area contributed by atoms with Crippen LogP contribution >= 0.6 is 0 Å². The summed E-state index contributed by atoms with van der Waals surface area (Å²) in [5.74, 6) is -4.30. The third kappa shape index (κ3) is 4.49. The molecule has 1 heterocycles. The first-order valence-corrected chi connectivity index (χ1v) is 7.16. The van der Waals surface area contributed by atoms with Crippen LogP contribution in [-0.4, -0.2) is 57.3 Å². The average molecular weight is 339 g/mol. The van der Waals surface area contributed by atoms with Gasteiger partial charge in [-0.25, -0.2) is 0 Å². The number of carbonyl (C=O) groups is 3. The molecule has 0 saturated carbocycles. The second kappa shape index (κ2) is 7.84. The molecule has 2 atom stereocenters. The van der Waals surface area contributed by atoms with Gasteiger partial charge in [-0.3, -0.25) is 19.4 Å². The zero-order valence-corrected chi connectivity index (χ0v) is 13.4. The Kier molecular flexibility index (Phi) is 6.38. The molecule has 6 N–H and O–H groups in total. The van der Waals surface area contributed by atoms with Gasteiger partial charge in [0.1, 0.15) is 12.0 Å². The highest BCUT2D eigenvalue weighted by atomic mass is 16.4. The Morgan fingerprint density at radius 3 is 2.50 bits per heavy atom. The fraction of sp³-hybridized carbons (Fsp3) is 0.467. The van der Waals surface area contributed by atoms with Crippen LogP contribution in [0.2, 0.25) is 0 Å². The van der Waals surface area contributed by atoms with Crippen LogP contribution in [0.4, 0.5) is 0 Å². The van der Waals surface area contributed by atoms with Gasteiger partial charge >= 0.3 is 5.97 Å². The lowest BCUT2D eigenvalue weighted by Crippen LogP contribution is -2.47. The zero-order valence-electron chi connectivity index (χ0n) is 13.4. The molecule has 0 aliphatic carbocycles. The third-order valence-electron chi connectivity index (χ3n) is 3.61. The van der Waals surface area contributed by atoms with Crippen molar-refractivity contribution in [1.29, 1.82) is 0 Å². The van der Waals surface area contributed by atoms with Crippen molar-refractivity contribution in [2.24, 2.45) is 11.1 Å². The number of primary amides is 1. The first kappa shape index (κ1) is 19.5. The summed E-state index contributed by atoms with van der Waals surface area (Å²) in [5, 5.41) is 30.7. The van der Waals surface area contributed by atoms with E-state index < -0.39 is 48.4 Å². The van der Waals surface area contributed by atoms with Crippen LogP contribution in [0.1, 0.15) is 35.8 Å². The maximum Gasteiger partial charge on any atom is 0.314 e. The van der Waals surface area contributed by atoms with Crippen molar-refractivity contribution < 1.29 is 29.7 Å². The number of nitrogens with one attached hydrogen (secondary N) is 1. The number of pyridine rings is 1. The number of rotatable bonds is 8. The lowest BCUT2D eigenvalue weighted by atomic mass is 9.87. The molecular formula is C15H21N3O6. The smallest absolute Gasteiger partial charge is 0.314 e. The number of carboxylic acid groups (broad SMARTS) is 1. The minimum absolute atomic E-state index is 0.0598. The third-order valence-corrected chi connectivity index (χ3v) is 3.61. The summed E-state index contributed by atoms with van der Waals surface area (Å²) in [6.07, 6.45) is -0.222. The number of aliphatic hydroxyl groups excluding tert-OH is 2. The zero-order chi connectivity index (χ0) is 18.5. The molecule has 24 heavy (non-hydrogen) atoms. The van der Waals surface area contributed by atoms with Gasteiger partial charge in [0, 0.05) is 18.2 Å². The molecule has 1 aromatic rings. The number of aliphatic carboxylic acids is 1. The average Bonchev–Trinajstić information content (AvgIpc) is 2.53. The number of nitrogens with zero attached hydrogens (tertiary/aromatic N) is 1. The van der Waals surface area contributed by atoms with Gasteiger partial charge in [-0.2, -0.15) is 0 Å². The molecule has 0 aliphatic heterocycles. The van der Waals surface area contributed by atoms with Crippen LogP contribution in [0.25, 0.3) is 0 Å². The normalized spacial score (nSPS) is 13.8. The van der Waals surface area contributed by atoms with E-state index in [1.165, 1.54) is 32.2 Å². The predicted molar refractivity (Wildman–Crippen MR) is 83.0 cm³/mol. The fourth-order valence-corrected chi connectivity index (χ4v) is 1.95. The van der Waals surface area contributed by atoms with Gasteiger partial charge < -0.3 is 26.4 Å². The minimum Gasteiger partial charge on any atom is -0.481 e. The summed E-state index contributed by atoms with van der Waals surface area (Å²) in [6, 6.07) is 2.78. The minimum atomic E-state index is -1.53. The number of amides is 2. The first-order valence-electron chi connectivity index (χ1n) is 7.16. The van der Waals surface area contributed by atoms with E-state index in [4.69, 9.17) is 10.8 Å².